The zero-order valence-electron chi connectivity index (χ0n) is 15.9. The summed E-state index contributed by atoms with van der Waals surface area (Å²) in [5.74, 6) is -1.11. The molecule has 0 radical (unpaired) electrons. The van der Waals surface area contributed by atoms with E-state index < -0.39 is 12.0 Å². The Bertz CT molecular complexity index is 1010. The van der Waals surface area contributed by atoms with E-state index in [-0.39, 0.29) is 43.7 Å². The second-order valence-corrected chi connectivity index (χ2v) is 7.67. The van der Waals surface area contributed by atoms with Crippen LogP contribution in [0, 0.1) is 0 Å². The first kappa shape index (κ1) is 20.5. The topological polar surface area (TPSA) is 56.0 Å². The molecule has 0 saturated heterocycles. The summed E-state index contributed by atoms with van der Waals surface area (Å²) in [6.07, 6.45) is -0.487. The van der Waals surface area contributed by atoms with E-state index in [4.69, 9.17) is 11.6 Å². The van der Waals surface area contributed by atoms with Gasteiger partial charge in [-0.25, -0.2) is 0 Å². The molecule has 0 bridgehead atoms. The number of benzene rings is 1. The molecule has 3 aromatic rings. The van der Waals surface area contributed by atoms with Crippen molar-refractivity contribution in [1.82, 2.24) is 24.2 Å². The maximum Gasteiger partial charge on any atom is 0.451 e. The predicted molar refractivity (Wildman–Crippen MR) is 104 cm³/mol. The highest BCUT2D eigenvalue weighted by Gasteiger charge is 2.40. The van der Waals surface area contributed by atoms with Crippen LogP contribution in [0.3, 0.4) is 0 Å². The maximum atomic E-state index is 13.0. The Labute approximate surface area is 175 Å². The molecule has 2 aromatic heterocycles. The fraction of sp³-hybridized carbons (Fsp3) is 0.350. The lowest BCUT2D eigenvalue weighted by molar-refractivity contribution is -0.148. The van der Waals surface area contributed by atoms with Crippen LogP contribution in [0.5, 0.6) is 0 Å². The van der Waals surface area contributed by atoms with Gasteiger partial charge in [0.25, 0.3) is 0 Å². The predicted octanol–water partition coefficient (Wildman–Crippen LogP) is 3.97. The van der Waals surface area contributed by atoms with E-state index in [0.29, 0.717) is 11.6 Å². The summed E-state index contributed by atoms with van der Waals surface area (Å²) < 4.78 is 42.1. The van der Waals surface area contributed by atoms with Crippen LogP contribution in [-0.4, -0.2) is 36.7 Å². The van der Waals surface area contributed by atoms with E-state index in [0.717, 1.165) is 10.1 Å². The lowest BCUT2D eigenvalue weighted by Crippen LogP contribution is -2.40. The number of hydrogen-bond acceptors (Lipinski definition) is 3. The highest BCUT2D eigenvalue weighted by Crippen LogP contribution is 2.30. The van der Waals surface area contributed by atoms with Gasteiger partial charge >= 0.3 is 6.18 Å². The van der Waals surface area contributed by atoms with Crippen LogP contribution in [0.2, 0.25) is 5.02 Å². The quantitative estimate of drug-likeness (QED) is 0.607. The molecule has 1 aromatic carbocycles. The summed E-state index contributed by atoms with van der Waals surface area (Å²) in [5.41, 5.74) is 0.973. The Morgan fingerprint density at radius 2 is 1.80 bits per heavy atom. The third-order valence-corrected chi connectivity index (χ3v) is 5.47. The largest absolute Gasteiger partial charge is 0.451 e. The highest BCUT2D eigenvalue weighted by atomic mass is 35.5. The number of aromatic nitrogens is 4. The molecule has 30 heavy (non-hydrogen) atoms. The van der Waals surface area contributed by atoms with E-state index in [9.17, 15) is 18.0 Å². The molecule has 1 aliphatic rings. The molecule has 0 saturated carbocycles. The lowest BCUT2D eigenvalue weighted by Gasteiger charge is -2.29. The number of alkyl halides is 3. The van der Waals surface area contributed by atoms with Gasteiger partial charge in [0, 0.05) is 49.4 Å². The van der Waals surface area contributed by atoms with Crippen molar-refractivity contribution in [2.75, 3.05) is 6.54 Å². The molecular weight excluding hydrogens is 419 g/mol. The molecule has 0 spiro atoms. The Hall–Kier alpha value is -2.81. The third-order valence-electron chi connectivity index (χ3n) is 5.22. The fourth-order valence-corrected chi connectivity index (χ4v) is 3.82. The maximum absolute atomic E-state index is 13.0. The highest BCUT2D eigenvalue weighted by molar-refractivity contribution is 6.30. The van der Waals surface area contributed by atoms with Gasteiger partial charge in [-0.1, -0.05) is 23.7 Å². The van der Waals surface area contributed by atoms with Gasteiger partial charge in [-0.2, -0.15) is 13.2 Å². The monoisotopic (exact) mass is 437 g/mol. The van der Waals surface area contributed by atoms with Gasteiger partial charge in [0.15, 0.2) is 5.82 Å². The Morgan fingerprint density at radius 3 is 2.47 bits per heavy atom. The van der Waals surface area contributed by atoms with Gasteiger partial charge in [-0.05, 0) is 29.8 Å². The van der Waals surface area contributed by atoms with Crippen molar-refractivity contribution in [2.45, 2.75) is 38.1 Å². The number of hydrogen-bond donors (Lipinski definition) is 0. The van der Waals surface area contributed by atoms with Gasteiger partial charge < -0.3 is 14.0 Å². The van der Waals surface area contributed by atoms with Crippen molar-refractivity contribution >= 4 is 17.5 Å². The molecule has 10 heteroatoms. The zero-order chi connectivity index (χ0) is 21.3. The number of amides is 1. The van der Waals surface area contributed by atoms with Crippen LogP contribution >= 0.6 is 11.6 Å². The van der Waals surface area contributed by atoms with Crippen LogP contribution < -0.4 is 0 Å². The molecule has 1 atom stereocenters. The van der Waals surface area contributed by atoms with Gasteiger partial charge in [0.05, 0.1) is 6.54 Å². The van der Waals surface area contributed by atoms with Crippen LogP contribution in [-0.2, 0) is 30.6 Å². The summed E-state index contributed by atoms with van der Waals surface area (Å²) >= 11 is 5.99. The van der Waals surface area contributed by atoms with Crippen LogP contribution in [0.25, 0.3) is 0 Å². The Kier molecular flexibility index (Phi) is 5.55. The van der Waals surface area contributed by atoms with Crippen LogP contribution in [0.15, 0.2) is 48.8 Å². The number of fused-ring (bicyclic) bond motifs is 1. The molecule has 1 amide bonds. The third kappa shape index (κ3) is 4.35. The van der Waals surface area contributed by atoms with Crippen molar-refractivity contribution in [2.24, 2.45) is 0 Å². The molecule has 6 nitrogen and oxygen atoms in total. The van der Waals surface area contributed by atoms with Gasteiger partial charge in [0.2, 0.25) is 11.7 Å². The van der Waals surface area contributed by atoms with Crippen LogP contribution in [0.4, 0.5) is 13.2 Å². The standard InChI is InChI=1S/C20H19ClF3N5O/c21-16-5-3-14(4-6-16)15(12-27-7-1-2-8-27)11-18(30)28-9-10-29-17(13-28)25-26-19(29)20(22,23)24/h1-8,15H,9-13H2/t15-/m0/s1. The fourth-order valence-electron chi connectivity index (χ4n) is 3.69. The summed E-state index contributed by atoms with van der Waals surface area (Å²) in [7, 11) is 0. The number of rotatable bonds is 5. The Balaban J connectivity index is 1.50. The van der Waals surface area contributed by atoms with Crippen LogP contribution in [0.1, 0.15) is 29.6 Å². The van der Waals surface area contributed by atoms with Crippen molar-refractivity contribution in [3.63, 3.8) is 0 Å². The van der Waals surface area contributed by atoms with Crippen molar-refractivity contribution in [3.05, 3.63) is 71.0 Å². The Morgan fingerprint density at radius 1 is 1.10 bits per heavy atom. The summed E-state index contributed by atoms with van der Waals surface area (Å²) in [4.78, 5) is 14.5. The molecule has 158 valence electrons. The van der Waals surface area contributed by atoms with Gasteiger partial charge in [0.1, 0.15) is 0 Å². The molecule has 0 N–H and O–H groups in total. The summed E-state index contributed by atoms with van der Waals surface area (Å²) in [6, 6.07) is 11.2. The van der Waals surface area contributed by atoms with E-state index >= 15 is 0 Å². The van der Waals surface area contributed by atoms with E-state index in [1.165, 1.54) is 0 Å². The summed E-state index contributed by atoms with van der Waals surface area (Å²) in [5, 5.41) is 7.52. The normalized spacial score (nSPS) is 15.1. The second kappa shape index (κ2) is 8.14. The molecule has 4 rings (SSSR count). The number of halogens is 4. The van der Waals surface area contributed by atoms with E-state index in [2.05, 4.69) is 10.2 Å². The van der Waals surface area contributed by atoms with Crippen molar-refractivity contribution in [1.29, 1.82) is 0 Å². The second-order valence-electron chi connectivity index (χ2n) is 7.24. The first-order valence-corrected chi connectivity index (χ1v) is 9.82. The van der Waals surface area contributed by atoms with Crippen molar-refractivity contribution < 1.29 is 18.0 Å². The number of carbonyl (C=O) groups is 1. The first-order valence-electron chi connectivity index (χ1n) is 9.44. The smallest absolute Gasteiger partial charge is 0.354 e. The average molecular weight is 438 g/mol. The molecule has 0 fully saturated rings. The minimum absolute atomic E-state index is 0.0127. The molecule has 1 aliphatic heterocycles. The SMILES string of the molecule is O=C(C[C@@H](Cn1cccc1)c1ccc(Cl)cc1)N1CCn2c(nnc2C(F)(F)F)C1. The summed E-state index contributed by atoms with van der Waals surface area (Å²) in [6.45, 7) is 0.817. The minimum atomic E-state index is -4.56. The van der Waals surface area contributed by atoms with E-state index in [1.54, 1.807) is 17.0 Å². The molecular formula is C20H19ClF3N5O. The van der Waals surface area contributed by atoms with Crippen molar-refractivity contribution in [3.8, 4) is 0 Å². The molecule has 0 aliphatic carbocycles. The number of nitrogens with zero attached hydrogens (tertiary/aromatic N) is 5. The number of carbonyl (C=O) groups excluding carboxylic acids is 1. The van der Waals surface area contributed by atoms with Gasteiger partial charge in [-0.3, -0.25) is 4.79 Å². The zero-order valence-corrected chi connectivity index (χ0v) is 16.6. The van der Waals surface area contributed by atoms with Gasteiger partial charge in [-0.15, -0.1) is 10.2 Å². The first-order chi connectivity index (χ1) is 14.3. The molecule has 0 unspecified atom stereocenters. The minimum Gasteiger partial charge on any atom is -0.354 e. The van der Waals surface area contributed by atoms with E-state index in [1.807, 2.05) is 41.2 Å². The molecule has 3 heterocycles. The average Bonchev–Trinajstić information content (AvgIpc) is 3.36. The lowest BCUT2D eigenvalue weighted by atomic mass is 9.94.